The monoisotopic (exact) mass is 505 g/mol. The lowest BCUT2D eigenvalue weighted by Crippen LogP contribution is -2.36. The minimum atomic E-state index is -4.05. The maximum atomic E-state index is 13.5. The molecule has 7 nitrogen and oxygen atoms in total. The van der Waals surface area contributed by atoms with Gasteiger partial charge in [0.2, 0.25) is 10.0 Å². The zero-order chi connectivity index (χ0) is 25.9. The number of hydrogen-bond acceptors (Lipinski definition) is 6. The number of carbonyl (C=O) groups is 1. The van der Waals surface area contributed by atoms with Gasteiger partial charge in [-0.15, -0.1) is 0 Å². The molecule has 0 fully saturated rings. The summed E-state index contributed by atoms with van der Waals surface area (Å²) in [7, 11) is -4.05. The van der Waals surface area contributed by atoms with Crippen LogP contribution >= 0.6 is 0 Å². The quantitative estimate of drug-likeness (QED) is 0.206. The van der Waals surface area contributed by atoms with Crippen molar-refractivity contribution < 1.29 is 22.4 Å². The summed E-state index contributed by atoms with van der Waals surface area (Å²) < 4.78 is 40.0. The molecule has 1 N–H and O–H groups in total. The van der Waals surface area contributed by atoms with Gasteiger partial charge in [-0.05, 0) is 61.2 Å². The second-order valence-electron chi connectivity index (χ2n) is 8.68. The number of rotatable bonds is 8. The summed E-state index contributed by atoms with van der Waals surface area (Å²) in [6, 6.07) is 18.3. The van der Waals surface area contributed by atoms with E-state index in [1.165, 1.54) is 18.2 Å². The van der Waals surface area contributed by atoms with Crippen molar-refractivity contribution in [2.45, 2.75) is 44.6 Å². The van der Waals surface area contributed by atoms with E-state index in [4.69, 9.17) is 9.15 Å². The highest BCUT2D eigenvalue weighted by atomic mass is 32.2. The molecule has 1 heterocycles. The Hall–Kier alpha value is -3.75. The topological polar surface area (TPSA) is 103 Å². The van der Waals surface area contributed by atoms with Gasteiger partial charge in [-0.3, -0.25) is 0 Å². The molecule has 36 heavy (non-hydrogen) atoms. The molecule has 1 atom stereocenters. The average Bonchev–Trinajstić information content (AvgIpc) is 2.83. The van der Waals surface area contributed by atoms with Crippen molar-refractivity contribution in [3.8, 4) is 5.75 Å². The third-order valence-electron chi connectivity index (χ3n) is 5.74. The molecule has 0 saturated carbocycles. The van der Waals surface area contributed by atoms with Gasteiger partial charge in [-0.1, -0.05) is 61.4 Å². The molecule has 0 aliphatic carbocycles. The number of hydrogen-bond donors (Lipinski definition) is 1. The maximum Gasteiger partial charge on any atom is 0.336 e. The van der Waals surface area contributed by atoms with Crippen molar-refractivity contribution >= 4 is 27.0 Å². The molecule has 8 heteroatoms. The van der Waals surface area contributed by atoms with Gasteiger partial charge in [0.1, 0.15) is 17.4 Å². The second kappa shape index (κ2) is 10.5. The number of aryl methyl sites for hydroxylation is 3. The Morgan fingerprint density at radius 3 is 2.33 bits per heavy atom. The first kappa shape index (κ1) is 25.3. The van der Waals surface area contributed by atoms with E-state index in [-0.39, 0.29) is 10.6 Å². The van der Waals surface area contributed by atoms with Crippen molar-refractivity contribution in [2.75, 3.05) is 0 Å². The van der Waals surface area contributed by atoms with E-state index in [0.29, 0.717) is 28.5 Å². The largest absolute Gasteiger partial charge is 0.424 e. The van der Waals surface area contributed by atoms with Crippen LogP contribution in [0.4, 0.5) is 0 Å². The number of fused-ring (bicyclic) bond motifs is 1. The molecular weight excluding hydrogens is 478 g/mol. The Morgan fingerprint density at radius 2 is 1.67 bits per heavy atom. The van der Waals surface area contributed by atoms with E-state index < -0.39 is 27.7 Å². The molecule has 3 aromatic carbocycles. The lowest BCUT2D eigenvalue weighted by molar-refractivity contribution is -0.136. The highest BCUT2D eigenvalue weighted by Gasteiger charge is 2.30. The molecule has 4 rings (SSSR count). The molecule has 0 aliphatic rings. The second-order valence-corrected chi connectivity index (χ2v) is 10.4. The highest BCUT2D eigenvalue weighted by Crippen LogP contribution is 2.32. The SMILES string of the molecule is CCCc1cc(=O)oc2cc(C)cc(OC(=O)[C@H](NS(=O)(=O)c3ccc(C)cc3)c3ccccc3)c12. The smallest absolute Gasteiger partial charge is 0.336 e. The molecule has 0 amide bonds. The molecule has 0 saturated heterocycles. The summed E-state index contributed by atoms with van der Waals surface area (Å²) >= 11 is 0. The molecule has 0 aliphatic heterocycles. The number of nitrogens with one attached hydrogen (secondary N) is 1. The van der Waals surface area contributed by atoms with E-state index in [1.807, 2.05) is 13.8 Å². The van der Waals surface area contributed by atoms with E-state index in [9.17, 15) is 18.0 Å². The van der Waals surface area contributed by atoms with Gasteiger partial charge in [0.05, 0.1) is 10.3 Å². The lowest BCUT2D eigenvalue weighted by Gasteiger charge is -2.19. The maximum absolute atomic E-state index is 13.5. The van der Waals surface area contributed by atoms with E-state index in [1.54, 1.807) is 61.5 Å². The predicted octanol–water partition coefficient (Wildman–Crippen LogP) is 4.99. The fourth-order valence-corrected chi connectivity index (χ4v) is 5.20. The minimum absolute atomic E-state index is 0.0369. The summed E-state index contributed by atoms with van der Waals surface area (Å²) in [6.45, 7) is 5.62. The Balaban J connectivity index is 1.76. The van der Waals surface area contributed by atoms with Crippen molar-refractivity contribution in [1.29, 1.82) is 0 Å². The van der Waals surface area contributed by atoms with Gasteiger partial charge in [0.25, 0.3) is 0 Å². The van der Waals surface area contributed by atoms with Gasteiger partial charge in [-0.25, -0.2) is 18.0 Å². The van der Waals surface area contributed by atoms with Crippen molar-refractivity contribution in [2.24, 2.45) is 0 Å². The van der Waals surface area contributed by atoms with E-state index in [2.05, 4.69) is 4.72 Å². The number of carbonyl (C=O) groups excluding carboxylic acids is 1. The van der Waals surface area contributed by atoms with Crippen molar-refractivity contribution in [3.63, 3.8) is 0 Å². The van der Waals surface area contributed by atoms with Crippen molar-refractivity contribution in [1.82, 2.24) is 4.72 Å². The van der Waals surface area contributed by atoms with Crippen LogP contribution in [-0.2, 0) is 21.2 Å². The van der Waals surface area contributed by atoms with Gasteiger partial charge in [0, 0.05) is 6.07 Å². The van der Waals surface area contributed by atoms with Crippen LogP contribution in [0.5, 0.6) is 5.75 Å². The first-order valence-corrected chi connectivity index (χ1v) is 13.1. The third kappa shape index (κ3) is 5.56. The molecule has 0 unspecified atom stereocenters. The fourth-order valence-electron chi connectivity index (χ4n) is 4.02. The number of benzene rings is 3. The number of sulfonamides is 1. The fraction of sp³-hybridized carbons (Fsp3) is 0.214. The first-order valence-electron chi connectivity index (χ1n) is 11.6. The molecule has 186 valence electrons. The van der Waals surface area contributed by atoms with Gasteiger partial charge in [0.15, 0.2) is 0 Å². The Kier molecular flexibility index (Phi) is 7.37. The summed E-state index contributed by atoms with van der Waals surface area (Å²) in [4.78, 5) is 25.6. The van der Waals surface area contributed by atoms with Crippen LogP contribution in [0.3, 0.4) is 0 Å². The Bertz CT molecular complexity index is 1560. The molecule has 0 radical (unpaired) electrons. The molecule has 0 bridgehead atoms. The van der Waals surface area contributed by atoms with Crippen LogP contribution in [0.2, 0.25) is 0 Å². The molecule has 1 aromatic heterocycles. The third-order valence-corrected chi connectivity index (χ3v) is 7.18. The predicted molar refractivity (Wildman–Crippen MR) is 138 cm³/mol. The summed E-state index contributed by atoms with van der Waals surface area (Å²) in [5.74, 6) is -0.602. The normalized spacial score (nSPS) is 12.4. The van der Waals surface area contributed by atoms with Crippen LogP contribution in [-0.4, -0.2) is 14.4 Å². The zero-order valence-corrected chi connectivity index (χ0v) is 21.1. The Labute approximate surface area is 209 Å². The van der Waals surface area contributed by atoms with Crippen LogP contribution in [0.15, 0.2) is 86.9 Å². The molecule has 4 aromatic rings. The summed E-state index contributed by atoms with van der Waals surface area (Å²) in [6.07, 6.45) is 1.35. The van der Waals surface area contributed by atoms with Gasteiger partial charge >= 0.3 is 11.6 Å². The zero-order valence-electron chi connectivity index (χ0n) is 20.3. The summed E-state index contributed by atoms with van der Waals surface area (Å²) in [5, 5.41) is 0.517. The number of ether oxygens (including phenoxy) is 1. The highest BCUT2D eigenvalue weighted by molar-refractivity contribution is 7.89. The van der Waals surface area contributed by atoms with E-state index >= 15 is 0 Å². The standard InChI is InChI=1S/C28H27NO6S/c1-4-8-21-17-25(30)34-23-15-19(3)16-24(26(21)23)35-28(31)27(20-9-6-5-7-10-20)29-36(32,33)22-13-11-18(2)12-14-22/h5-7,9-17,27,29H,4,8H2,1-3H3/t27-/m1/s1. The van der Waals surface area contributed by atoms with Gasteiger partial charge < -0.3 is 9.15 Å². The molecular formula is C28H27NO6S. The van der Waals surface area contributed by atoms with E-state index in [0.717, 1.165) is 17.5 Å². The van der Waals surface area contributed by atoms with Crippen LogP contribution in [0.1, 0.15) is 41.6 Å². The minimum Gasteiger partial charge on any atom is -0.424 e. The Morgan fingerprint density at radius 1 is 0.972 bits per heavy atom. The summed E-state index contributed by atoms with van der Waals surface area (Å²) in [5.41, 5.74) is 2.58. The molecule has 0 spiro atoms. The van der Waals surface area contributed by atoms with Crippen LogP contribution in [0, 0.1) is 13.8 Å². The van der Waals surface area contributed by atoms with Crippen molar-refractivity contribution in [3.05, 3.63) is 105 Å². The van der Waals surface area contributed by atoms with Crippen LogP contribution in [0.25, 0.3) is 11.0 Å². The average molecular weight is 506 g/mol. The van der Waals surface area contributed by atoms with Gasteiger partial charge in [-0.2, -0.15) is 4.72 Å². The van der Waals surface area contributed by atoms with Crippen LogP contribution < -0.4 is 15.1 Å². The lowest BCUT2D eigenvalue weighted by atomic mass is 10.0. The first-order chi connectivity index (χ1) is 17.2. The number of esters is 1.